The van der Waals surface area contributed by atoms with Gasteiger partial charge in [-0.05, 0) is 31.9 Å². The maximum atomic E-state index is 12.7. The molecule has 27 heavy (non-hydrogen) atoms. The molecule has 0 saturated heterocycles. The van der Waals surface area contributed by atoms with Crippen molar-refractivity contribution in [2.75, 3.05) is 13.2 Å². The summed E-state index contributed by atoms with van der Waals surface area (Å²) in [5, 5.41) is 0. The van der Waals surface area contributed by atoms with Crippen LogP contribution in [0.4, 0.5) is 0 Å². The van der Waals surface area contributed by atoms with Crippen LogP contribution in [0.5, 0.6) is 0 Å². The molecule has 1 aromatic carbocycles. The van der Waals surface area contributed by atoms with Gasteiger partial charge in [0, 0.05) is 0 Å². The smallest absolute Gasteiger partial charge is 0.312 e. The standard InChI is InChI=1S/C19H25NO6S/c1-13-7-9-16(10-8-13)27(23,24)20-17-12-26-19(22)15(3)11-25-18(21)6-4-5-14(17)2/h4-5,7-10,14-15,17,20H,6,11-12H2,1-3H3/b5-4+/t14-,15+,17-/m1/s1. The number of aryl methyl sites for hydroxylation is 1. The monoisotopic (exact) mass is 395 g/mol. The number of cyclic esters (lactones) is 2. The summed E-state index contributed by atoms with van der Waals surface area (Å²) in [6, 6.07) is 5.81. The molecule has 3 atom stereocenters. The van der Waals surface area contributed by atoms with Crippen LogP contribution in [0.1, 0.15) is 25.8 Å². The first kappa shape index (κ1) is 21.1. The van der Waals surface area contributed by atoms with E-state index < -0.39 is 33.9 Å². The maximum Gasteiger partial charge on any atom is 0.312 e. The van der Waals surface area contributed by atoms with Gasteiger partial charge in [0.05, 0.1) is 23.3 Å². The molecule has 0 aliphatic carbocycles. The summed E-state index contributed by atoms with van der Waals surface area (Å²) < 4.78 is 38.2. The van der Waals surface area contributed by atoms with Crippen LogP contribution in [0.25, 0.3) is 0 Å². The molecule has 1 heterocycles. The van der Waals surface area contributed by atoms with E-state index in [1.807, 2.05) is 6.92 Å². The molecule has 1 aromatic rings. The molecule has 1 N–H and O–H groups in total. The molecule has 8 heteroatoms. The zero-order valence-corrected chi connectivity index (χ0v) is 16.5. The summed E-state index contributed by atoms with van der Waals surface area (Å²) in [4.78, 5) is 23.8. The van der Waals surface area contributed by atoms with E-state index >= 15 is 0 Å². The zero-order chi connectivity index (χ0) is 20.0. The first-order chi connectivity index (χ1) is 12.7. The highest BCUT2D eigenvalue weighted by Crippen LogP contribution is 2.15. The van der Waals surface area contributed by atoms with Crippen molar-refractivity contribution in [1.29, 1.82) is 0 Å². The number of ether oxygens (including phenoxy) is 2. The van der Waals surface area contributed by atoms with E-state index in [1.54, 1.807) is 38.1 Å². The number of carbonyl (C=O) groups excluding carboxylic acids is 2. The summed E-state index contributed by atoms with van der Waals surface area (Å²) >= 11 is 0. The van der Waals surface area contributed by atoms with Gasteiger partial charge in [0.1, 0.15) is 13.2 Å². The van der Waals surface area contributed by atoms with Crippen LogP contribution in [-0.2, 0) is 29.1 Å². The Morgan fingerprint density at radius 2 is 1.70 bits per heavy atom. The average Bonchev–Trinajstić information content (AvgIpc) is 2.62. The molecular formula is C19H25NO6S. The Labute approximate surface area is 159 Å². The van der Waals surface area contributed by atoms with Crippen molar-refractivity contribution in [3.8, 4) is 0 Å². The Morgan fingerprint density at radius 3 is 2.37 bits per heavy atom. The fourth-order valence-electron chi connectivity index (χ4n) is 2.45. The fourth-order valence-corrected chi connectivity index (χ4v) is 3.76. The molecule has 0 bridgehead atoms. The number of rotatable bonds is 3. The molecule has 0 amide bonds. The molecule has 148 valence electrons. The van der Waals surface area contributed by atoms with Gasteiger partial charge in [-0.25, -0.2) is 13.1 Å². The first-order valence-electron chi connectivity index (χ1n) is 8.77. The van der Waals surface area contributed by atoms with Gasteiger partial charge in [-0.15, -0.1) is 0 Å². The normalized spacial score (nSPS) is 26.3. The lowest BCUT2D eigenvalue weighted by Crippen LogP contribution is -2.43. The van der Waals surface area contributed by atoms with Crippen LogP contribution in [0.15, 0.2) is 41.3 Å². The second kappa shape index (κ2) is 9.14. The van der Waals surface area contributed by atoms with Crippen LogP contribution < -0.4 is 4.72 Å². The van der Waals surface area contributed by atoms with Gasteiger partial charge in [0.25, 0.3) is 0 Å². The molecule has 2 rings (SSSR count). The number of nitrogens with one attached hydrogen (secondary N) is 1. The van der Waals surface area contributed by atoms with Crippen LogP contribution in [0.3, 0.4) is 0 Å². The average molecular weight is 395 g/mol. The van der Waals surface area contributed by atoms with Gasteiger partial charge < -0.3 is 9.47 Å². The molecule has 1 aliphatic rings. The highest BCUT2D eigenvalue weighted by Gasteiger charge is 2.26. The summed E-state index contributed by atoms with van der Waals surface area (Å²) in [5.74, 6) is -1.92. The second-order valence-electron chi connectivity index (χ2n) is 6.75. The third kappa shape index (κ3) is 6.18. The summed E-state index contributed by atoms with van der Waals surface area (Å²) in [5.41, 5.74) is 0.950. The Kier molecular flexibility index (Phi) is 7.15. The van der Waals surface area contributed by atoms with Crippen LogP contribution in [0.2, 0.25) is 0 Å². The lowest BCUT2D eigenvalue weighted by Gasteiger charge is -2.24. The molecular weight excluding hydrogens is 370 g/mol. The van der Waals surface area contributed by atoms with E-state index in [2.05, 4.69) is 4.72 Å². The van der Waals surface area contributed by atoms with E-state index in [0.29, 0.717) is 0 Å². The Balaban J connectivity index is 2.22. The van der Waals surface area contributed by atoms with Gasteiger partial charge in [-0.3, -0.25) is 9.59 Å². The van der Waals surface area contributed by atoms with E-state index in [9.17, 15) is 18.0 Å². The summed E-state index contributed by atoms with van der Waals surface area (Å²) in [7, 11) is -3.78. The number of esters is 2. The van der Waals surface area contributed by atoms with E-state index in [-0.39, 0.29) is 30.4 Å². The number of hydrogen-bond acceptors (Lipinski definition) is 6. The predicted octanol–water partition coefficient (Wildman–Crippen LogP) is 1.96. The third-order valence-corrected chi connectivity index (χ3v) is 5.80. The van der Waals surface area contributed by atoms with E-state index in [1.165, 1.54) is 12.1 Å². The minimum Gasteiger partial charge on any atom is -0.465 e. The minimum absolute atomic E-state index is 0.0591. The molecule has 1 aliphatic heterocycles. The molecule has 0 unspecified atom stereocenters. The third-order valence-electron chi connectivity index (χ3n) is 4.30. The SMILES string of the molecule is Cc1ccc(S(=O)(=O)N[C@@H]2COC(=O)[C@@H](C)COC(=O)C/C=C/[C@H]2C)cc1. The molecule has 7 nitrogen and oxygen atoms in total. The Morgan fingerprint density at radius 1 is 1.04 bits per heavy atom. The van der Waals surface area contributed by atoms with E-state index in [0.717, 1.165) is 5.56 Å². The van der Waals surface area contributed by atoms with Gasteiger partial charge in [-0.2, -0.15) is 0 Å². The predicted molar refractivity (Wildman–Crippen MR) is 99.3 cm³/mol. The number of carbonyl (C=O) groups is 2. The minimum atomic E-state index is -3.78. The van der Waals surface area contributed by atoms with Crippen molar-refractivity contribution < 1.29 is 27.5 Å². The van der Waals surface area contributed by atoms with Gasteiger partial charge >= 0.3 is 11.9 Å². The highest BCUT2D eigenvalue weighted by molar-refractivity contribution is 7.89. The van der Waals surface area contributed by atoms with Crippen molar-refractivity contribution in [2.45, 2.75) is 38.1 Å². The molecule has 0 radical (unpaired) electrons. The van der Waals surface area contributed by atoms with Gasteiger partial charge in [0.2, 0.25) is 10.0 Å². The molecule has 0 aromatic heterocycles. The Bertz CT molecular complexity index is 800. The van der Waals surface area contributed by atoms with Crippen molar-refractivity contribution >= 4 is 22.0 Å². The van der Waals surface area contributed by atoms with Crippen molar-refractivity contribution in [3.05, 3.63) is 42.0 Å². The highest BCUT2D eigenvalue weighted by atomic mass is 32.2. The van der Waals surface area contributed by atoms with Gasteiger partial charge in [-0.1, -0.05) is 36.8 Å². The van der Waals surface area contributed by atoms with Crippen molar-refractivity contribution in [1.82, 2.24) is 4.72 Å². The van der Waals surface area contributed by atoms with Crippen LogP contribution in [-0.4, -0.2) is 39.6 Å². The fraction of sp³-hybridized carbons (Fsp3) is 0.474. The maximum absolute atomic E-state index is 12.7. The molecule has 0 fully saturated rings. The summed E-state index contributed by atoms with van der Waals surface area (Å²) in [6.07, 6.45) is 3.40. The molecule has 0 saturated carbocycles. The summed E-state index contributed by atoms with van der Waals surface area (Å²) in [6.45, 7) is 5.06. The first-order valence-corrected chi connectivity index (χ1v) is 10.3. The van der Waals surface area contributed by atoms with Crippen LogP contribution >= 0.6 is 0 Å². The number of hydrogen-bond donors (Lipinski definition) is 1. The number of sulfonamides is 1. The topological polar surface area (TPSA) is 98.8 Å². The second-order valence-corrected chi connectivity index (χ2v) is 8.46. The Hall–Kier alpha value is -2.19. The zero-order valence-electron chi connectivity index (χ0n) is 15.7. The van der Waals surface area contributed by atoms with Crippen molar-refractivity contribution in [2.24, 2.45) is 11.8 Å². The van der Waals surface area contributed by atoms with Gasteiger partial charge in [0.15, 0.2) is 0 Å². The quantitative estimate of drug-likeness (QED) is 0.620. The molecule has 0 spiro atoms. The van der Waals surface area contributed by atoms with E-state index in [4.69, 9.17) is 9.47 Å². The lowest BCUT2D eigenvalue weighted by atomic mass is 10.0. The lowest BCUT2D eigenvalue weighted by molar-refractivity contribution is -0.154. The van der Waals surface area contributed by atoms with Crippen LogP contribution in [0, 0.1) is 18.8 Å². The van der Waals surface area contributed by atoms with Crippen molar-refractivity contribution in [3.63, 3.8) is 0 Å². The number of benzene rings is 1. The largest absolute Gasteiger partial charge is 0.465 e.